The smallest absolute Gasteiger partial charge is 0.356 e. The van der Waals surface area contributed by atoms with Gasteiger partial charge < -0.3 is 5.32 Å². The van der Waals surface area contributed by atoms with Crippen molar-refractivity contribution in [1.29, 1.82) is 0 Å². The number of nitrogens with one attached hydrogen (secondary N) is 1. The van der Waals surface area contributed by atoms with Crippen molar-refractivity contribution in [1.82, 2.24) is 20.1 Å². The van der Waals surface area contributed by atoms with Gasteiger partial charge in [-0.3, -0.25) is 14.5 Å². The molecule has 0 bridgehead atoms. The Labute approximate surface area is 131 Å². The number of aromatic nitrogens is 3. The summed E-state index contributed by atoms with van der Waals surface area (Å²) in [6.07, 6.45) is 1.40. The number of rotatable bonds is 6. The van der Waals surface area contributed by atoms with Gasteiger partial charge in [-0.15, -0.1) is 0 Å². The highest BCUT2D eigenvalue weighted by Crippen LogP contribution is 2.28. The first-order chi connectivity index (χ1) is 10.8. The van der Waals surface area contributed by atoms with Gasteiger partial charge >= 0.3 is 6.18 Å². The molecule has 1 N–H and O–H groups in total. The molecule has 0 spiro atoms. The van der Waals surface area contributed by atoms with Gasteiger partial charge in [0.1, 0.15) is 0 Å². The van der Waals surface area contributed by atoms with Crippen LogP contribution in [0.1, 0.15) is 23.2 Å². The summed E-state index contributed by atoms with van der Waals surface area (Å²) in [7, 11) is 1.80. The molecular formula is C15H17F3N4O. The van der Waals surface area contributed by atoms with Crippen LogP contribution in [0.3, 0.4) is 0 Å². The van der Waals surface area contributed by atoms with E-state index in [-0.39, 0.29) is 18.9 Å². The van der Waals surface area contributed by atoms with Crippen molar-refractivity contribution in [2.24, 2.45) is 7.05 Å². The molecule has 124 valence electrons. The van der Waals surface area contributed by atoms with Crippen LogP contribution >= 0.6 is 0 Å². The highest BCUT2D eigenvalue weighted by atomic mass is 19.4. The van der Waals surface area contributed by atoms with Crippen LogP contribution in [-0.4, -0.2) is 27.2 Å². The normalized spacial score (nSPS) is 11.5. The van der Waals surface area contributed by atoms with E-state index in [1.807, 2.05) is 6.20 Å². The molecule has 1 amide bonds. The van der Waals surface area contributed by atoms with Crippen LogP contribution in [0, 0.1) is 0 Å². The highest BCUT2D eigenvalue weighted by molar-refractivity contribution is 5.76. The van der Waals surface area contributed by atoms with Gasteiger partial charge in [0.25, 0.3) is 0 Å². The van der Waals surface area contributed by atoms with Gasteiger partial charge in [0.15, 0.2) is 0 Å². The van der Waals surface area contributed by atoms with E-state index >= 15 is 0 Å². The Hall–Kier alpha value is -2.38. The van der Waals surface area contributed by atoms with Gasteiger partial charge in [0.2, 0.25) is 5.91 Å². The molecule has 23 heavy (non-hydrogen) atoms. The third-order valence-corrected chi connectivity index (χ3v) is 3.25. The van der Waals surface area contributed by atoms with Crippen LogP contribution in [0.2, 0.25) is 0 Å². The fourth-order valence-electron chi connectivity index (χ4n) is 2.07. The minimum atomic E-state index is -4.38. The van der Waals surface area contributed by atoms with Crippen LogP contribution in [0.4, 0.5) is 13.2 Å². The zero-order chi connectivity index (χ0) is 16.9. The van der Waals surface area contributed by atoms with E-state index in [0.717, 1.165) is 23.9 Å². The summed E-state index contributed by atoms with van der Waals surface area (Å²) in [6, 6.07) is 1.93. The minimum Gasteiger partial charge on any atom is -0.356 e. The fraction of sp³-hybridized carbons (Fsp3) is 0.400. The van der Waals surface area contributed by atoms with E-state index in [9.17, 15) is 18.0 Å². The number of carbonyl (C=O) groups is 1. The molecule has 0 fully saturated rings. The molecule has 0 aliphatic heterocycles. The minimum absolute atomic E-state index is 0.152. The van der Waals surface area contributed by atoms with Crippen LogP contribution in [0.25, 0.3) is 0 Å². The summed E-state index contributed by atoms with van der Waals surface area (Å²) in [5.41, 5.74) is 0.528. The standard InChI is InChI=1S/C15H17F3N4O/c1-22-10-11(9-21-22)2-3-14(23)20-7-5-13-8-12(4-6-19-13)15(16,17)18/h4,6,8-10H,2-3,5,7H2,1H3,(H,20,23). The monoisotopic (exact) mass is 326 g/mol. The van der Waals surface area contributed by atoms with Crippen molar-refractivity contribution in [3.63, 3.8) is 0 Å². The summed E-state index contributed by atoms with van der Waals surface area (Å²) in [4.78, 5) is 15.6. The predicted molar refractivity (Wildman–Crippen MR) is 77.5 cm³/mol. The van der Waals surface area contributed by atoms with Crippen molar-refractivity contribution < 1.29 is 18.0 Å². The first-order valence-electron chi connectivity index (χ1n) is 7.11. The number of hydrogen-bond acceptors (Lipinski definition) is 3. The van der Waals surface area contributed by atoms with Crippen LogP contribution in [0.15, 0.2) is 30.7 Å². The molecule has 0 unspecified atom stereocenters. The largest absolute Gasteiger partial charge is 0.416 e. The molecule has 2 aromatic rings. The maximum absolute atomic E-state index is 12.6. The molecule has 5 nitrogen and oxygen atoms in total. The number of pyridine rings is 1. The molecule has 0 aliphatic carbocycles. The maximum Gasteiger partial charge on any atom is 0.416 e. The van der Waals surface area contributed by atoms with Crippen LogP contribution < -0.4 is 5.32 Å². The topological polar surface area (TPSA) is 59.8 Å². The van der Waals surface area contributed by atoms with E-state index in [0.29, 0.717) is 18.5 Å². The number of carbonyl (C=O) groups excluding carboxylic acids is 1. The van der Waals surface area contributed by atoms with E-state index in [1.54, 1.807) is 17.9 Å². The number of aryl methyl sites for hydroxylation is 2. The lowest BCUT2D eigenvalue weighted by Crippen LogP contribution is -2.26. The molecule has 2 heterocycles. The molecule has 2 rings (SSSR count). The Morgan fingerprint density at radius 1 is 1.35 bits per heavy atom. The molecule has 8 heteroatoms. The summed E-state index contributed by atoms with van der Waals surface area (Å²) >= 11 is 0. The van der Waals surface area contributed by atoms with E-state index < -0.39 is 11.7 Å². The molecule has 0 saturated carbocycles. The second-order valence-corrected chi connectivity index (χ2v) is 5.16. The second-order valence-electron chi connectivity index (χ2n) is 5.16. The van der Waals surface area contributed by atoms with Crippen LogP contribution in [-0.2, 0) is 30.9 Å². The molecule has 0 aromatic carbocycles. The molecule has 0 radical (unpaired) electrons. The quantitative estimate of drug-likeness (QED) is 0.885. The first kappa shape index (κ1) is 17.0. The SMILES string of the molecule is Cn1cc(CCC(=O)NCCc2cc(C(F)(F)F)ccn2)cn1. The first-order valence-corrected chi connectivity index (χ1v) is 7.11. The molecule has 0 atom stereocenters. The number of hydrogen-bond donors (Lipinski definition) is 1. The number of alkyl halides is 3. The lowest BCUT2D eigenvalue weighted by atomic mass is 10.1. The van der Waals surface area contributed by atoms with Gasteiger partial charge in [-0.2, -0.15) is 18.3 Å². The predicted octanol–water partition coefficient (Wildman–Crippen LogP) is 2.13. The summed E-state index contributed by atoms with van der Waals surface area (Å²) in [5.74, 6) is -0.152. The third-order valence-electron chi connectivity index (χ3n) is 3.25. The third kappa shape index (κ3) is 5.39. The Balaban J connectivity index is 1.75. The van der Waals surface area contributed by atoms with Gasteiger partial charge in [-0.1, -0.05) is 0 Å². The molecular weight excluding hydrogens is 309 g/mol. The Morgan fingerprint density at radius 3 is 2.78 bits per heavy atom. The summed E-state index contributed by atoms with van der Waals surface area (Å²) in [6.45, 7) is 0.250. The molecule has 0 aliphatic rings. The van der Waals surface area contributed by atoms with Crippen molar-refractivity contribution >= 4 is 5.91 Å². The van der Waals surface area contributed by atoms with Gasteiger partial charge in [0.05, 0.1) is 11.8 Å². The summed E-state index contributed by atoms with van der Waals surface area (Å²) < 4.78 is 39.4. The second kappa shape index (κ2) is 7.26. The van der Waals surface area contributed by atoms with Crippen molar-refractivity contribution in [2.45, 2.75) is 25.4 Å². The molecule has 0 saturated heterocycles. The Bertz CT molecular complexity index is 667. The average Bonchev–Trinajstić information content (AvgIpc) is 2.90. The zero-order valence-electron chi connectivity index (χ0n) is 12.6. The number of halogens is 3. The van der Waals surface area contributed by atoms with Crippen molar-refractivity contribution in [3.05, 3.63) is 47.5 Å². The Morgan fingerprint density at radius 2 is 2.13 bits per heavy atom. The lowest BCUT2D eigenvalue weighted by molar-refractivity contribution is -0.137. The van der Waals surface area contributed by atoms with Crippen molar-refractivity contribution in [2.75, 3.05) is 6.54 Å². The van der Waals surface area contributed by atoms with Crippen molar-refractivity contribution in [3.8, 4) is 0 Å². The maximum atomic E-state index is 12.6. The molecule has 2 aromatic heterocycles. The zero-order valence-corrected chi connectivity index (χ0v) is 12.6. The Kier molecular flexibility index (Phi) is 5.36. The number of amides is 1. The van der Waals surface area contributed by atoms with E-state index in [1.165, 1.54) is 0 Å². The fourth-order valence-corrected chi connectivity index (χ4v) is 2.07. The van der Waals surface area contributed by atoms with Gasteiger partial charge in [0, 0.05) is 44.5 Å². The van der Waals surface area contributed by atoms with Gasteiger partial charge in [-0.25, -0.2) is 0 Å². The number of nitrogens with zero attached hydrogens (tertiary/aromatic N) is 3. The van der Waals surface area contributed by atoms with Crippen LogP contribution in [0.5, 0.6) is 0 Å². The highest BCUT2D eigenvalue weighted by Gasteiger charge is 2.30. The lowest BCUT2D eigenvalue weighted by Gasteiger charge is -2.08. The van der Waals surface area contributed by atoms with E-state index in [2.05, 4.69) is 15.4 Å². The summed E-state index contributed by atoms with van der Waals surface area (Å²) in [5, 5.41) is 6.69. The van der Waals surface area contributed by atoms with E-state index in [4.69, 9.17) is 0 Å². The van der Waals surface area contributed by atoms with Gasteiger partial charge in [-0.05, 0) is 24.1 Å². The average molecular weight is 326 g/mol.